The molecule has 0 aliphatic heterocycles. The van der Waals surface area contributed by atoms with E-state index in [-0.39, 0.29) is 0 Å². The lowest BCUT2D eigenvalue weighted by Gasteiger charge is -2.03. The van der Waals surface area contributed by atoms with Crippen molar-refractivity contribution >= 4 is 35.1 Å². The molecule has 6 heteroatoms. The van der Waals surface area contributed by atoms with Crippen LogP contribution in [0.4, 0.5) is 5.69 Å². The highest BCUT2D eigenvalue weighted by Gasteiger charge is 2.12. The SMILES string of the molecule is Cc1ccc(N/N=C/c2c(C)nn(-c3ccccc3)c2Cl)cc1Cl. The first kappa shape index (κ1) is 16.6. The molecule has 3 aromatic rings. The van der Waals surface area contributed by atoms with Gasteiger partial charge in [-0.2, -0.15) is 10.2 Å². The third-order valence-corrected chi connectivity index (χ3v) is 4.38. The molecule has 0 fully saturated rings. The minimum atomic E-state index is 0.520. The van der Waals surface area contributed by atoms with E-state index < -0.39 is 0 Å². The van der Waals surface area contributed by atoms with Gasteiger partial charge >= 0.3 is 0 Å². The molecule has 0 bridgehead atoms. The molecule has 3 rings (SSSR count). The first-order valence-corrected chi connectivity index (χ1v) is 8.17. The van der Waals surface area contributed by atoms with Crippen molar-refractivity contribution in [3.63, 3.8) is 0 Å². The fourth-order valence-corrected chi connectivity index (χ4v) is 2.73. The maximum Gasteiger partial charge on any atom is 0.142 e. The van der Waals surface area contributed by atoms with E-state index in [1.807, 2.05) is 62.4 Å². The van der Waals surface area contributed by atoms with E-state index in [9.17, 15) is 0 Å². The molecule has 0 aliphatic rings. The van der Waals surface area contributed by atoms with Crippen molar-refractivity contribution in [2.45, 2.75) is 13.8 Å². The molecule has 0 radical (unpaired) electrons. The van der Waals surface area contributed by atoms with Crippen LogP contribution < -0.4 is 5.43 Å². The summed E-state index contributed by atoms with van der Waals surface area (Å²) in [4.78, 5) is 0. The summed E-state index contributed by atoms with van der Waals surface area (Å²) < 4.78 is 1.70. The van der Waals surface area contributed by atoms with Crippen LogP contribution in [0.15, 0.2) is 53.6 Å². The molecular formula is C18H16Cl2N4. The van der Waals surface area contributed by atoms with E-state index in [1.165, 1.54) is 0 Å². The number of para-hydroxylation sites is 1. The number of hydrogen-bond donors (Lipinski definition) is 1. The summed E-state index contributed by atoms with van der Waals surface area (Å²) in [6, 6.07) is 15.4. The van der Waals surface area contributed by atoms with Gasteiger partial charge in [-0.1, -0.05) is 47.5 Å². The van der Waals surface area contributed by atoms with Gasteiger partial charge in [0.15, 0.2) is 0 Å². The van der Waals surface area contributed by atoms with E-state index in [4.69, 9.17) is 23.2 Å². The number of aromatic nitrogens is 2. The summed E-state index contributed by atoms with van der Waals surface area (Å²) in [6.45, 7) is 3.85. The Morgan fingerprint density at radius 1 is 1.08 bits per heavy atom. The summed E-state index contributed by atoms with van der Waals surface area (Å²) in [5, 5.41) is 9.93. The normalized spacial score (nSPS) is 11.2. The number of rotatable bonds is 4. The Morgan fingerprint density at radius 3 is 2.54 bits per heavy atom. The van der Waals surface area contributed by atoms with Crippen LogP contribution in [0.5, 0.6) is 0 Å². The topological polar surface area (TPSA) is 42.2 Å². The van der Waals surface area contributed by atoms with Gasteiger partial charge in [-0.25, -0.2) is 4.68 Å². The van der Waals surface area contributed by atoms with Gasteiger partial charge in [-0.05, 0) is 43.7 Å². The van der Waals surface area contributed by atoms with Crippen molar-refractivity contribution in [3.05, 3.63) is 75.5 Å². The fraction of sp³-hybridized carbons (Fsp3) is 0.111. The maximum atomic E-state index is 6.45. The van der Waals surface area contributed by atoms with Crippen molar-refractivity contribution < 1.29 is 0 Å². The summed E-state index contributed by atoms with van der Waals surface area (Å²) in [7, 11) is 0. The van der Waals surface area contributed by atoms with Gasteiger partial charge in [0.1, 0.15) is 5.15 Å². The molecule has 1 N–H and O–H groups in total. The number of hydrazone groups is 1. The van der Waals surface area contributed by atoms with Crippen LogP contribution in [0, 0.1) is 13.8 Å². The Kier molecular flexibility index (Phi) is 4.88. The predicted octanol–water partition coefficient (Wildman–Crippen LogP) is 5.24. The smallest absolute Gasteiger partial charge is 0.142 e. The van der Waals surface area contributed by atoms with Crippen LogP contribution in [0.2, 0.25) is 10.2 Å². The summed E-state index contributed by atoms with van der Waals surface area (Å²) in [6.07, 6.45) is 1.66. The van der Waals surface area contributed by atoms with Crippen molar-refractivity contribution in [2.24, 2.45) is 5.10 Å². The van der Waals surface area contributed by atoms with Gasteiger partial charge in [-0.3, -0.25) is 5.43 Å². The molecule has 122 valence electrons. The third kappa shape index (κ3) is 3.45. The van der Waals surface area contributed by atoms with Gasteiger partial charge in [0, 0.05) is 5.02 Å². The minimum Gasteiger partial charge on any atom is -0.278 e. The van der Waals surface area contributed by atoms with E-state index in [0.29, 0.717) is 10.2 Å². The van der Waals surface area contributed by atoms with Crippen molar-refractivity contribution in [1.29, 1.82) is 0 Å². The van der Waals surface area contributed by atoms with Crippen molar-refractivity contribution in [3.8, 4) is 5.69 Å². The number of benzene rings is 2. The summed E-state index contributed by atoms with van der Waals surface area (Å²) >= 11 is 12.6. The zero-order valence-corrected chi connectivity index (χ0v) is 14.8. The van der Waals surface area contributed by atoms with E-state index in [1.54, 1.807) is 10.9 Å². The molecule has 2 aromatic carbocycles. The Bertz CT molecular complexity index is 886. The molecule has 24 heavy (non-hydrogen) atoms. The molecule has 1 aromatic heterocycles. The quantitative estimate of drug-likeness (QED) is 0.511. The predicted molar refractivity (Wildman–Crippen MR) is 101 cm³/mol. The molecule has 1 heterocycles. The van der Waals surface area contributed by atoms with Crippen LogP contribution in [0.25, 0.3) is 5.69 Å². The van der Waals surface area contributed by atoms with Crippen LogP contribution in [0.3, 0.4) is 0 Å². The van der Waals surface area contributed by atoms with E-state index >= 15 is 0 Å². The van der Waals surface area contributed by atoms with E-state index in [0.717, 1.165) is 28.2 Å². The van der Waals surface area contributed by atoms with Gasteiger partial charge in [0.2, 0.25) is 0 Å². The fourth-order valence-electron chi connectivity index (χ4n) is 2.23. The number of anilines is 1. The third-order valence-electron chi connectivity index (χ3n) is 3.61. The first-order chi connectivity index (χ1) is 11.6. The standard InChI is InChI=1S/C18H16Cl2N4/c1-12-8-9-14(10-17(12)19)22-21-11-16-13(2)23-24(18(16)20)15-6-4-3-5-7-15/h3-11,22H,1-2H3/b21-11+. The highest BCUT2D eigenvalue weighted by molar-refractivity contribution is 6.32. The second-order valence-electron chi connectivity index (χ2n) is 5.37. The highest BCUT2D eigenvalue weighted by Crippen LogP contribution is 2.23. The van der Waals surface area contributed by atoms with Crippen LogP contribution in [-0.2, 0) is 0 Å². The zero-order chi connectivity index (χ0) is 17.1. The minimum absolute atomic E-state index is 0.520. The van der Waals surface area contributed by atoms with Crippen molar-refractivity contribution in [2.75, 3.05) is 5.43 Å². The molecule has 0 amide bonds. The molecule has 0 atom stereocenters. The van der Waals surface area contributed by atoms with Gasteiger partial charge in [0.25, 0.3) is 0 Å². The van der Waals surface area contributed by atoms with Crippen LogP contribution in [-0.4, -0.2) is 16.0 Å². The molecule has 4 nitrogen and oxygen atoms in total. The Labute approximate surface area is 150 Å². The van der Waals surface area contributed by atoms with E-state index in [2.05, 4.69) is 15.6 Å². The average Bonchev–Trinajstić information content (AvgIpc) is 2.87. The van der Waals surface area contributed by atoms with Crippen LogP contribution >= 0.6 is 23.2 Å². The lowest BCUT2D eigenvalue weighted by molar-refractivity contribution is 0.863. The second kappa shape index (κ2) is 7.07. The van der Waals surface area contributed by atoms with Crippen molar-refractivity contribution in [1.82, 2.24) is 9.78 Å². The lowest BCUT2D eigenvalue weighted by atomic mass is 10.2. The van der Waals surface area contributed by atoms with Gasteiger partial charge < -0.3 is 0 Å². The van der Waals surface area contributed by atoms with Gasteiger partial charge in [-0.15, -0.1) is 0 Å². The lowest BCUT2D eigenvalue weighted by Crippen LogP contribution is -1.96. The zero-order valence-electron chi connectivity index (χ0n) is 13.3. The number of hydrogen-bond acceptors (Lipinski definition) is 3. The molecular weight excluding hydrogens is 343 g/mol. The Morgan fingerprint density at radius 2 is 1.83 bits per heavy atom. The first-order valence-electron chi connectivity index (χ1n) is 7.42. The molecule has 0 aliphatic carbocycles. The molecule has 0 saturated carbocycles. The maximum absolute atomic E-state index is 6.45. The second-order valence-corrected chi connectivity index (χ2v) is 6.14. The highest BCUT2D eigenvalue weighted by atomic mass is 35.5. The molecule has 0 unspecified atom stereocenters. The number of halogens is 2. The Hall–Kier alpha value is -2.30. The number of aryl methyl sites for hydroxylation is 2. The monoisotopic (exact) mass is 358 g/mol. The number of nitrogens with zero attached hydrogens (tertiary/aromatic N) is 3. The average molecular weight is 359 g/mol. The molecule has 0 spiro atoms. The Balaban J connectivity index is 1.82. The summed E-state index contributed by atoms with van der Waals surface area (Å²) in [5.74, 6) is 0. The number of nitrogens with one attached hydrogen (secondary N) is 1. The van der Waals surface area contributed by atoms with Crippen LogP contribution in [0.1, 0.15) is 16.8 Å². The largest absolute Gasteiger partial charge is 0.278 e. The van der Waals surface area contributed by atoms with Gasteiger partial charge in [0.05, 0.1) is 28.8 Å². The molecule has 0 saturated heterocycles. The summed E-state index contributed by atoms with van der Waals surface area (Å²) in [5.41, 5.74) is 7.27.